The summed E-state index contributed by atoms with van der Waals surface area (Å²) in [5.74, 6) is -0.132. The van der Waals surface area contributed by atoms with E-state index in [1.165, 1.54) is 0 Å². The highest BCUT2D eigenvalue weighted by Crippen LogP contribution is 2.17. The minimum atomic E-state index is -0.132. The SMILES string of the molecule is Cc1nc2ccccc2cc1C(=O)Nc1ccccc1. The number of anilines is 1. The average molecular weight is 262 g/mol. The molecule has 98 valence electrons. The maximum atomic E-state index is 12.3. The molecule has 0 saturated carbocycles. The van der Waals surface area contributed by atoms with Crippen LogP contribution in [0.25, 0.3) is 10.9 Å². The van der Waals surface area contributed by atoms with Gasteiger partial charge in [-0.3, -0.25) is 9.78 Å². The van der Waals surface area contributed by atoms with Crippen LogP contribution in [0.5, 0.6) is 0 Å². The van der Waals surface area contributed by atoms with Crippen molar-refractivity contribution < 1.29 is 4.79 Å². The van der Waals surface area contributed by atoms with Crippen molar-refractivity contribution in [3.63, 3.8) is 0 Å². The predicted molar refractivity (Wildman–Crippen MR) is 80.9 cm³/mol. The molecule has 0 fully saturated rings. The number of aromatic nitrogens is 1. The topological polar surface area (TPSA) is 42.0 Å². The number of carbonyl (C=O) groups is 1. The fourth-order valence-corrected chi connectivity index (χ4v) is 2.16. The maximum absolute atomic E-state index is 12.3. The Bertz CT molecular complexity index is 766. The molecule has 3 rings (SSSR count). The Morgan fingerprint density at radius 1 is 1.00 bits per heavy atom. The van der Waals surface area contributed by atoms with Gasteiger partial charge in [0.1, 0.15) is 0 Å². The first kappa shape index (κ1) is 12.4. The monoisotopic (exact) mass is 262 g/mol. The van der Waals surface area contributed by atoms with E-state index in [1.807, 2.05) is 67.6 Å². The van der Waals surface area contributed by atoms with Crippen LogP contribution in [0, 0.1) is 6.92 Å². The second-order valence-corrected chi connectivity index (χ2v) is 4.63. The van der Waals surface area contributed by atoms with Crippen LogP contribution in [0.1, 0.15) is 16.1 Å². The molecule has 0 bridgehead atoms. The van der Waals surface area contributed by atoms with Gasteiger partial charge in [0.05, 0.1) is 16.8 Å². The highest BCUT2D eigenvalue weighted by molar-refractivity contribution is 6.06. The average Bonchev–Trinajstić information content (AvgIpc) is 2.47. The number of aryl methyl sites for hydroxylation is 1. The molecular weight excluding hydrogens is 248 g/mol. The normalized spacial score (nSPS) is 10.4. The molecule has 0 atom stereocenters. The molecule has 3 nitrogen and oxygen atoms in total. The van der Waals surface area contributed by atoms with Crippen molar-refractivity contribution in [3.05, 3.63) is 71.9 Å². The zero-order chi connectivity index (χ0) is 13.9. The molecule has 3 heteroatoms. The minimum Gasteiger partial charge on any atom is -0.322 e. The number of carbonyl (C=O) groups excluding carboxylic acids is 1. The lowest BCUT2D eigenvalue weighted by Gasteiger charge is -2.08. The van der Waals surface area contributed by atoms with Crippen molar-refractivity contribution in [2.75, 3.05) is 5.32 Å². The molecule has 0 aliphatic carbocycles. The first-order valence-electron chi connectivity index (χ1n) is 6.47. The van der Waals surface area contributed by atoms with Crippen LogP contribution in [0.3, 0.4) is 0 Å². The van der Waals surface area contributed by atoms with E-state index >= 15 is 0 Å². The number of fused-ring (bicyclic) bond motifs is 1. The van der Waals surface area contributed by atoms with E-state index in [2.05, 4.69) is 10.3 Å². The molecule has 1 amide bonds. The van der Waals surface area contributed by atoms with Gasteiger partial charge in [0.15, 0.2) is 0 Å². The second-order valence-electron chi connectivity index (χ2n) is 4.63. The van der Waals surface area contributed by atoms with E-state index < -0.39 is 0 Å². The molecule has 20 heavy (non-hydrogen) atoms. The lowest BCUT2D eigenvalue weighted by molar-refractivity contribution is 0.102. The number of hydrogen-bond donors (Lipinski definition) is 1. The van der Waals surface area contributed by atoms with Gasteiger partial charge in [-0.2, -0.15) is 0 Å². The lowest BCUT2D eigenvalue weighted by atomic mass is 10.1. The Morgan fingerprint density at radius 3 is 2.50 bits per heavy atom. The molecule has 1 aromatic heterocycles. The Morgan fingerprint density at radius 2 is 1.70 bits per heavy atom. The summed E-state index contributed by atoms with van der Waals surface area (Å²) in [6, 6.07) is 19.1. The van der Waals surface area contributed by atoms with Crippen molar-refractivity contribution in [1.82, 2.24) is 4.98 Å². The summed E-state index contributed by atoms with van der Waals surface area (Å²) >= 11 is 0. The number of nitrogens with zero attached hydrogens (tertiary/aromatic N) is 1. The standard InChI is InChI=1S/C17H14N2O/c1-12-15(11-13-7-5-6-10-16(13)18-12)17(20)19-14-8-3-2-4-9-14/h2-11H,1H3,(H,19,20). The van der Waals surface area contributed by atoms with E-state index in [-0.39, 0.29) is 5.91 Å². The third-order valence-corrected chi connectivity index (χ3v) is 3.19. The Balaban J connectivity index is 1.97. The Labute approximate surface area is 117 Å². The van der Waals surface area contributed by atoms with Crippen molar-refractivity contribution in [3.8, 4) is 0 Å². The van der Waals surface area contributed by atoms with Gasteiger partial charge in [0.25, 0.3) is 5.91 Å². The van der Waals surface area contributed by atoms with Crippen LogP contribution in [0.15, 0.2) is 60.7 Å². The number of para-hydroxylation sites is 2. The third-order valence-electron chi connectivity index (χ3n) is 3.19. The highest BCUT2D eigenvalue weighted by atomic mass is 16.1. The summed E-state index contributed by atoms with van der Waals surface area (Å²) in [5.41, 5.74) is 3.02. The molecular formula is C17H14N2O. The number of nitrogens with one attached hydrogen (secondary N) is 1. The quantitative estimate of drug-likeness (QED) is 0.763. The van der Waals surface area contributed by atoms with E-state index in [1.54, 1.807) is 0 Å². The van der Waals surface area contributed by atoms with Crippen LogP contribution in [0.2, 0.25) is 0 Å². The van der Waals surface area contributed by atoms with E-state index in [9.17, 15) is 4.79 Å². The second kappa shape index (κ2) is 5.13. The maximum Gasteiger partial charge on any atom is 0.257 e. The Hall–Kier alpha value is -2.68. The van der Waals surface area contributed by atoms with Crippen LogP contribution >= 0.6 is 0 Å². The summed E-state index contributed by atoms with van der Waals surface area (Å²) in [4.78, 5) is 16.8. The lowest BCUT2D eigenvalue weighted by Crippen LogP contribution is -2.14. The van der Waals surface area contributed by atoms with Crippen LogP contribution in [0.4, 0.5) is 5.69 Å². The molecule has 0 spiro atoms. The number of rotatable bonds is 2. The van der Waals surface area contributed by atoms with Gasteiger partial charge >= 0.3 is 0 Å². The molecule has 0 radical (unpaired) electrons. The molecule has 0 saturated heterocycles. The van der Waals surface area contributed by atoms with E-state index in [0.717, 1.165) is 22.3 Å². The molecule has 1 N–H and O–H groups in total. The smallest absolute Gasteiger partial charge is 0.257 e. The van der Waals surface area contributed by atoms with Crippen molar-refractivity contribution in [2.24, 2.45) is 0 Å². The fourth-order valence-electron chi connectivity index (χ4n) is 2.16. The third kappa shape index (κ3) is 2.38. The van der Waals surface area contributed by atoms with Gasteiger partial charge in [0, 0.05) is 11.1 Å². The largest absolute Gasteiger partial charge is 0.322 e. The molecule has 0 aliphatic heterocycles. The van der Waals surface area contributed by atoms with E-state index in [4.69, 9.17) is 0 Å². The minimum absolute atomic E-state index is 0.132. The number of pyridine rings is 1. The Kier molecular flexibility index (Phi) is 3.17. The zero-order valence-corrected chi connectivity index (χ0v) is 11.1. The summed E-state index contributed by atoms with van der Waals surface area (Å²) in [7, 11) is 0. The van der Waals surface area contributed by atoms with Crippen molar-refractivity contribution >= 4 is 22.5 Å². The first-order valence-corrected chi connectivity index (χ1v) is 6.47. The predicted octanol–water partition coefficient (Wildman–Crippen LogP) is 3.80. The molecule has 0 unspecified atom stereocenters. The summed E-state index contributed by atoms with van der Waals surface area (Å²) in [5, 5.41) is 3.85. The number of benzene rings is 2. The van der Waals surface area contributed by atoms with Gasteiger partial charge in [0.2, 0.25) is 0 Å². The van der Waals surface area contributed by atoms with Gasteiger partial charge in [-0.15, -0.1) is 0 Å². The molecule has 0 aliphatic rings. The van der Waals surface area contributed by atoms with Crippen LogP contribution in [-0.2, 0) is 0 Å². The van der Waals surface area contributed by atoms with E-state index in [0.29, 0.717) is 5.56 Å². The summed E-state index contributed by atoms with van der Waals surface area (Å²) in [6.45, 7) is 1.85. The molecule has 2 aromatic carbocycles. The number of hydrogen-bond acceptors (Lipinski definition) is 2. The van der Waals surface area contributed by atoms with Gasteiger partial charge in [-0.1, -0.05) is 36.4 Å². The number of amides is 1. The van der Waals surface area contributed by atoms with Gasteiger partial charge in [-0.05, 0) is 31.2 Å². The van der Waals surface area contributed by atoms with Gasteiger partial charge in [-0.25, -0.2) is 0 Å². The van der Waals surface area contributed by atoms with Crippen LogP contribution in [-0.4, -0.2) is 10.9 Å². The first-order chi connectivity index (χ1) is 9.74. The summed E-state index contributed by atoms with van der Waals surface area (Å²) in [6.07, 6.45) is 0. The van der Waals surface area contributed by atoms with Crippen LogP contribution < -0.4 is 5.32 Å². The van der Waals surface area contributed by atoms with Crippen molar-refractivity contribution in [1.29, 1.82) is 0 Å². The summed E-state index contributed by atoms with van der Waals surface area (Å²) < 4.78 is 0. The van der Waals surface area contributed by atoms with Crippen molar-refractivity contribution in [2.45, 2.75) is 6.92 Å². The fraction of sp³-hybridized carbons (Fsp3) is 0.0588. The highest BCUT2D eigenvalue weighted by Gasteiger charge is 2.11. The zero-order valence-electron chi connectivity index (χ0n) is 11.1. The molecule has 1 heterocycles. The molecule has 3 aromatic rings. The van der Waals surface area contributed by atoms with Gasteiger partial charge < -0.3 is 5.32 Å².